The largest absolute Gasteiger partial charge is 0.484 e. The number of carbonyl (C=O) groups is 2. The van der Waals surface area contributed by atoms with Crippen LogP contribution in [0.5, 0.6) is 5.75 Å². The Morgan fingerprint density at radius 3 is 2.71 bits per heavy atom. The summed E-state index contributed by atoms with van der Waals surface area (Å²) in [5.74, 6) is -0.960. The van der Waals surface area contributed by atoms with E-state index in [4.69, 9.17) is 21.4 Å². The number of carboxylic acids is 1. The molecule has 0 saturated heterocycles. The summed E-state index contributed by atoms with van der Waals surface area (Å²) in [7, 11) is 0. The molecule has 0 aliphatic carbocycles. The summed E-state index contributed by atoms with van der Waals surface area (Å²) in [4.78, 5) is 22.7. The number of ether oxygens (including phenoxy) is 1. The summed E-state index contributed by atoms with van der Waals surface area (Å²) in [6.07, 6.45) is 2.03. The quantitative estimate of drug-likeness (QED) is 0.774. The van der Waals surface area contributed by atoms with Crippen molar-refractivity contribution in [1.29, 1.82) is 0 Å². The van der Waals surface area contributed by atoms with Gasteiger partial charge in [0.2, 0.25) is 0 Å². The van der Waals surface area contributed by atoms with Gasteiger partial charge in [0.1, 0.15) is 11.8 Å². The zero-order valence-electron chi connectivity index (χ0n) is 12.2. The highest BCUT2D eigenvalue weighted by atomic mass is 35.5. The zero-order chi connectivity index (χ0) is 15.8. The first-order valence-electron chi connectivity index (χ1n) is 6.85. The Bertz CT molecular complexity index is 504. The molecule has 1 aromatic rings. The number of rotatable bonds is 8. The van der Waals surface area contributed by atoms with Gasteiger partial charge in [0.05, 0.1) is 0 Å². The van der Waals surface area contributed by atoms with Crippen molar-refractivity contribution in [3.05, 3.63) is 28.8 Å². The highest BCUT2D eigenvalue weighted by Gasteiger charge is 2.19. The van der Waals surface area contributed by atoms with Crippen LogP contribution in [0.1, 0.15) is 31.7 Å². The number of aryl methyl sites for hydroxylation is 1. The maximum atomic E-state index is 11.7. The summed E-state index contributed by atoms with van der Waals surface area (Å²) in [5.41, 5.74) is 0.848. The number of carboxylic acid groups (broad SMARTS) is 1. The number of halogens is 1. The first-order valence-corrected chi connectivity index (χ1v) is 7.23. The minimum Gasteiger partial charge on any atom is -0.484 e. The lowest BCUT2D eigenvalue weighted by Gasteiger charge is -2.14. The molecule has 1 aromatic carbocycles. The second kappa shape index (κ2) is 8.52. The molecule has 5 nitrogen and oxygen atoms in total. The molecule has 116 valence electrons. The van der Waals surface area contributed by atoms with E-state index in [1.165, 1.54) is 0 Å². The fourth-order valence-corrected chi connectivity index (χ4v) is 1.88. The van der Waals surface area contributed by atoms with Crippen LogP contribution >= 0.6 is 11.6 Å². The smallest absolute Gasteiger partial charge is 0.326 e. The van der Waals surface area contributed by atoms with Gasteiger partial charge in [-0.15, -0.1) is 0 Å². The number of hydrogen-bond donors (Lipinski definition) is 2. The molecule has 1 atom stereocenters. The van der Waals surface area contributed by atoms with Crippen molar-refractivity contribution in [3.8, 4) is 5.75 Å². The monoisotopic (exact) mass is 313 g/mol. The van der Waals surface area contributed by atoms with Crippen LogP contribution in [0, 0.1) is 6.92 Å². The number of hydrogen-bond acceptors (Lipinski definition) is 3. The molecule has 0 aliphatic rings. The van der Waals surface area contributed by atoms with E-state index in [1.54, 1.807) is 18.2 Å². The maximum Gasteiger partial charge on any atom is 0.326 e. The van der Waals surface area contributed by atoms with Gasteiger partial charge in [0, 0.05) is 5.02 Å². The van der Waals surface area contributed by atoms with Crippen LogP contribution in [0.4, 0.5) is 0 Å². The van der Waals surface area contributed by atoms with E-state index < -0.39 is 17.9 Å². The molecule has 0 fully saturated rings. The summed E-state index contributed by atoms with van der Waals surface area (Å²) >= 11 is 5.90. The van der Waals surface area contributed by atoms with E-state index in [2.05, 4.69) is 5.32 Å². The summed E-state index contributed by atoms with van der Waals surface area (Å²) in [6.45, 7) is 3.57. The molecule has 1 amide bonds. The predicted octanol–water partition coefficient (Wildman–Crippen LogP) is 2.79. The van der Waals surface area contributed by atoms with E-state index in [0.29, 0.717) is 17.2 Å². The van der Waals surface area contributed by atoms with Crippen molar-refractivity contribution in [2.24, 2.45) is 0 Å². The zero-order valence-corrected chi connectivity index (χ0v) is 12.9. The fraction of sp³-hybridized carbons (Fsp3) is 0.467. The highest BCUT2D eigenvalue weighted by Crippen LogP contribution is 2.20. The lowest BCUT2D eigenvalue weighted by molar-refractivity contribution is -0.142. The first kappa shape index (κ1) is 17.3. The molecule has 6 heteroatoms. The van der Waals surface area contributed by atoms with Gasteiger partial charge in [-0.3, -0.25) is 4.79 Å². The topological polar surface area (TPSA) is 75.6 Å². The van der Waals surface area contributed by atoms with Crippen molar-refractivity contribution >= 4 is 23.5 Å². The molecule has 0 radical (unpaired) electrons. The molecule has 21 heavy (non-hydrogen) atoms. The van der Waals surface area contributed by atoms with Crippen molar-refractivity contribution in [3.63, 3.8) is 0 Å². The molecule has 0 spiro atoms. The average Bonchev–Trinajstić information content (AvgIpc) is 2.44. The Labute approximate surface area is 129 Å². The molecule has 0 heterocycles. The van der Waals surface area contributed by atoms with Gasteiger partial charge in [0.25, 0.3) is 5.91 Å². The van der Waals surface area contributed by atoms with Crippen LogP contribution < -0.4 is 10.1 Å². The van der Waals surface area contributed by atoms with Gasteiger partial charge in [-0.1, -0.05) is 31.4 Å². The number of amides is 1. The van der Waals surface area contributed by atoms with Gasteiger partial charge in [-0.05, 0) is 37.1 Å². The molecule has 0 aliphatic heterocycles. The standard InChI is InChI=1S/C15H20ClNO4/c1-3-4-5-13(15(19)20)17-14(18)9-21-11-6-7-12(16)10(2)8-11/h6-8,13H,3-5,9H2,1-2H3,(H,17,18)(H,19,20)/t13-/m0/s1. The number of nitrogens with one attached hydrogen (secondary N) is 1. The van der Waals surface area contributed by atoms with E-state index >= 15 is 0 Å². The van der Waals surface area contributed by atoms with Gasteiger partial charge >= 0.3 is 5.97 Å². The van der Waals surface area contributed by atoms with Crippen LogP contribution in [0.15, 0.2) is 18.2 Å². The number of unbranched alkanes of at least 4 members (excludes halogenated alkanes) is 1. The van der Waals surface area contributed by atoms with Crippen molar-refractivity contribution in [2.75, 3.05) is 6.61 Å². The predicted molar refractivity (Wildman–Crippen MR) is 80.8 cm³/mol. The molecule has 1 rings (SSSR count). The fourth-order valence-electron chi connectivity index (χ4n) is 1.76. The van der Waals surface area contributed by atoms with E-state index in [0.717, 1.165) is 18.4 Å². The van der Waals surface area contributed by atoms with Crippen molar-refractivity contribution < 1.29 is 19.4 Å². The molecule has 0 unspecified atom stereocenters. The van der Waals surface area contributed by atoms with Gasteiger partial charge in [-0.25, -0.2) is 4.79 Å². The lowest BCUT2D eigenvalue weighted by atomic mass is 10.1. The second-order valence-corrected chi connectivity index (χ2v) is 5.21. The van der Waals surface area contributed by atoms with Gasteiger partial charge in [-0.2, -0.15) is 0 Å². The van der Waals surface area contributed by atoms with E-state index in [9.17, 15) is 9.59 Å². The Morgan fingerprint density at radius 2 is 2.14 bits per heavy atom. The van der Waals surface area contributed by atoms with E-state index in [-0.39, 0.29) is 6.61 Å². The van der Waals surface area contributed by atoms with E-state index in [1.807, 2.05) is 13.8 Å². The molecule has 0 saturated carbocycles. The van der Waals surface area contributed by atoms with Crippen LogP contribution in [0.25, 0.3) is 0 Å². The molecule has 0 aromatic heterocycles. The molecular formula is C15H20ClNO4. The minimum atomic E-state index is -1.03. The summed E-state index contributed by atoms with van der Waals surface area (Å²) in [6, 6.07) is 4.20. The third-order valence-corrected chi connectivity index (χ3v) is 3.40. The van der Waals surface area contributed by atoms with Crippen molar-refractivity contribution in [1.82, 2.24) is 5.32 Å². The third kappa shape index (κ3) is 6.04. The lowest BCUT2D eigenvalue weighted by Crippen LogP contribution is -2.42. The first-order chi connectivity index (χ1) is 9.93. The minimum absolute atomic E-state index is 0.225. The van der Waals surface area contributed by atoms with Crippen LogP contribution in [0.3, 0.4) is 0 Å². The normalized spacial score (nSPS) is 11.8. The maximum absolute atomic E-state index is 11.7. The van der Waals surface area contributed by atoms with Crippen LogP contribution in [-0.2, 0) is 9.59 Å². The summed E-state index contributed by atoms with van der Waals surface area (Å²) in [5, 5.41) is 12.1. The van der Waals surface area contributed by atoms with Crippen molar-refractivity contribution in [2.45, 2.75) is 39.2 Å². The third-order valence-electron chi connectivity index (χ3n) is 2.98. The summed E-state index contributed by atoms with van der Waals surface area (Å²) < 4.78 is 5.33. The Morgan fingerprint density at radius 1 is 1.43 bits per heavy atom. The van der Waals surface area contributed by atoms with Gasteiger partial charge in [0.15, 0.2) is 6.61 Å². The molecule has 2 N–H and O–H groups in total. The number of aliphatic carboxylic acids is 1. The molecule has 0 bridgehead atoms. The second-order valence-electron chi connectivity index (χ2n) is 4.80. The Hall–Kier alpha value is -1.75. The average molecular weight is 314 g/mol. The molecular weight excluding hydrogens is 294 g/mol. The Kier molecular flexibility index (Phi) is 7.02. The van der Waals surface area contributed by atoms with Crippen LogP contribution in [0.2, 0.25) is 5.02 Å². The van der Waals surface area contributed by atoms with Crippen LogP contribution in [-0.4, -0.2) is 29.6 Å². The van der Waals surface area contributed by atoms with Gasteiger partial charge < -0.3 is 15.2 Å². The Balaban J connectivity index is 2.48. The number of carbonyl (C=O) groups excluding carboxylic acids is 1. The number of benzene rings is 1. The SMILES string of the molecule is CCCC[C@H](NC(=O)COc1ccc(Cl)c(C)c1)C(=O)O. The highest BCUT2D eigenvalue weighted by molar-refractivity contribution is 6.31.